The Morgan fingerprint density at radius 1 is 1.13 bits per heavy atom. The number of nitrogens with zero attached hydrogens (tertiary/aromatic N) is 2. The number of carbonyl (C=O) groups is 2. The smallest absolute Gasteiger partial charge is 0.238 e. The van der Waals surface area contributed by atoms with Crippen molar-refractivity contribution in [2.24, 2.45) is 5.14 Å². The van der Waals surface area contributed by atoms with Gasteiger partial charge in [0.25, 0.3) is 0 Å². The number of aromatic nitrogens is 2. The molecule has 0 aliphatic heterocycles. The van der Waals surface area contributed by atoms with Gasteiger partial charge >= 0.3 is 0 Å². The first-order valence-electron chi connectivity index (χ1n) is 10.3. The number of sulfonamides is 1. The van der Waals surface area contributed by atoms with Crippen molar-refractivity contribution in [2.75, 3.05) is 6.54 Å². The fourth-order valence-corrected chi connectivity index (χ4v) is 3.67. The van der Waals surface area contributed by atoms with Gasteiger partial charge < -0.3 is 10.6 Å². The Kier molecular flexibility index (Phi) is 8.35. The van der Waals surface area contributed by atoms with Crippen molar-refractivity contribution in [1.29, 1.82) is 0 Å². The highest BCUT2D eigenvalue weighted by Crippen LogP contribution is 2.20. The molecule has 0 saturated heterocycles. The molecular formula is C21H31N5O4S. The van der Waals surface area contributed by atoms with Crippen LogP contribution in [0.4, 0.5) is 0 Å². The van der Waals surface area contributed by atoms with Crippen molar-refractivity contribution in [3.63, 3.8) is 0 Å². The molecule has 1 aromatic heterocycles. The molecular weight excluding hydrogens is 418 g/mol. The summed E-state index contributed by atoms with van der Waals surface area (Å²) in [7, 11) is -3.75. The second-order valence-corrected chi connectivity index (χ2v) is 9.14. The molecule has 0 aliphatic carbocycles. The van der Waals surface area contributed by atoms with E-state index >= 15 is 0 Å². The van der Waals surface area contributed by atoms with E-state index in [9.17, 15) is 18.0 Å². The fourth-order valence-electron chi connectivity index (χ4n) is 3.16. The zero-order valence-corrected chi connectivity index (χ0v) is 19.3. The van der Waals surface area contributed by atoms with Crippen LogP contribution in [0.1, 0.15) is 50.1 Å². The van der Waals surface area contributed by atoms with E-state index in [0.717, 1.165) is 23.4 Å². The van der Waals surface area contributed by atoms with Gasteiger partial charge in [0.05, 0.1) is 16.3 Å². The maximum absolute atomic E-state index is 12.2. The topological polar surface area (TPSA) is 136 Å². The molecule has 0 saturated carbocycles. The highest BCUT2D eigenvalue weighted by Gasteiger charge is 2.15. The molecule has 170 valence electrons. The summed E-state index contributed by atoms with van der Waals surface area (Å²) in [4.78, 5) is 24.0. The summed E-state index contributed by atoms with van der Waals surface area (Å²) in [6.07, 6.45) is 1.91. The average Bonchev–Trinajstić information content (AvgIpc) is 2.99. The van der Waals surface area contributed by atoms with Crippen molar-refractivity contribution in [3.8, 4) is 5.69 Å². The summed E-state index contributed by atoms with van der Waals surface area (Å²) in [6, 6.07) is 6.28. The third kappa shape index (κ3) is 6.90. The van der Waals surface area contributed by atoms with Crippen molar-refractivity contribution >= 4 is 21.8 Å². The van der Waals surface area contributed by atoms with Crippen LogP contribution in [-0.4, -0.2) is 42.6 Å². The molecule has 2 aromatic rings. The molecule has 0 aliphatic rings. The molecule has 2 rings (SSSR count). The van der Waals surface area contributed by atoms with Gasteiger partial charge in [-0.1, -0.05) is 6.92 Å². The number of nitrogens with one attached hydrogen (secondary N) is 2. The van der Waals surface area contributed by atoms with E-state index in [-0.39, 0.29) is 35.6 Å². The number of rotatable bonds is 10. The van der Waals surface area contributed by atoms with Crippen molar-refractivity contribution in [1.82, 2.24) is 20.4 Å². The molecule has 0 radical (unpaired) electrons. The summed E-state index contributed by atoms with van der Waals surface area (Å²) >= 11 is 0. The van der Waals surface area contributed by atoms with Gasteiger partial charge in [-0.2, -0.15) is 5.10 Å². The van der Waals surface area contributed by atoms with E-state index in [4.69, 9.17) is 5.14 Å². The van der Waals surface area contributed by atoms with E-state index in [1.807, 2.05) is 27.7 Å². The Morgan fingerprint density at radius 3 is 2.35 bits per heavy atom. The maximum atomic E-state index is 12.2. The normalized spacial score (nSPS) is 12.4. The summed E-state index contributed by atoms with van der Waals surface area (Å²) in [5, 5.41) is 15.3. The standard InChI is InChI=1S/C21H31N5O4S/c1-5-14(2)24-21(28)12-13-23-20(27)11-10-19-15(3)25-26(16(19)4)17-6-8-18(9-7-17)31(22,29)30/h6-9,14H,5,10-13H2,1-4H3,(H,23,27)(H,24,28)(H2,22,29,30). The lowest BCUT2D eigenvalue weighted by molar-refractivity contribution is -0.122. The lowest BCUT2D eigenvalue weighted by Crippen LogP contribution is -2.35. The van der Waals surface area contributed by atoms with Gasteiger partial charge in [0.2, 0.25) is 21.8 Å². The van der Waals surface area contributed by atoms with Gasteiger partial charge in [-0.25, -0.2) is 18.2 Å². The number of amides is 2. The number of primary sulfonamides is 1. The Labute approximate surface area is 183 Å². The number of hydrogen-bond acceptors (Lipinski definition) is 5. The molecule has 31 heavy (non-hydrogen) atoms. The predicted octanol–water partition coefficient (Wildman–Crippen LogP) is 1.49. The SMILES string of the molecule is CCC(C)NC(=O)CCNC(=O)CCc1c(C)nn(-c2ccc(S(N)(=O)=O)cc2)c1C. The molecule has 1 heterocycles. The minimum absolute atomic E-state index is 0.0347. The zero-order chi connectivity index (χ0) is 23.2. The first kappa shape index (κ1) is 24.5. The average molecular weight is 450 g/mol. The highest BCUT2D eigenvalue weighted by molar-refractivity contribution is 7.89. The van der Waals surface area contributed by atoms with Crippen LogP contribution < -0.4 is 15.8 Å². The minimum Gasteiger partial charge on any atom is -0.356 e. The van der Waals surface area contributed by atoms with Crippen LogP contribution in [0.3, 0.4) is 0 Å². The lowest BCUT2D eigenvalue weighted by atomic mass is 10.1. The molecule has 9 nitrogen and oxygen atoms in total. The third-order valence-electron chi connectivity index (χ3n) is 5.15. The monoisotopic (exact) mass is 449 g/mol. The summed E-state index contributed by atoms with van der Waals surface area (Å²) < 4.78 is 24.6. The molecule has 1 unspecified atom stereocenters. The van der Waals surface area contributed by atoms with Crippen molar-refractivity contribution in [2.45, 2.75) is 64.3 Å². The molecule has 1 atom stereocenters. The Balaban J connectivity index is 1.94. The Hall–Kier alpha value is -2.72. The second-order valence-electron chi connectivity index (χ2n) is 7.58. The van der Waals surface area contributed by atoms with Crippen molar-refractivity contribution < 1.29 is 18.0 Å². The van der Waals surface area contributed by atoms with E-state index in [2.05, 4.69) is 15.7 Å². The van der Waals surface area contributed by atoms with E-state index in [1.54, 1.807) is 16.8 Å². The van der Waals surface area contributed by atoms with Crippen LogP contribution in [0.15, 0.2) is 29.2 Å². The molecule has 0 fully saturated rings. The van der Waals surface area contributed by atoms with Crippen LogP contribution in [0.5, 0.6) is 0 Å². The summed E-state index contributed by atoms with van der Waals surface area (Å²) in [5.41, 5.74) is 3.34. The zero-order valence-electron chi connectivity index (χ0n) is 18.4. The molecule has 0 spiro atoms. The molecule has 10 heteroatoms. The lowest BCUT2D eigenvalue weighted by Gasteiger charge is -2.11. The maximum Gasteiger partial charge on any atom is 0.238 e. The Morgan fingerprint density at radius 2 is 1.77 bits per heavy atom. The molecule has 0 bridgehead atoms. The summed E-state index contributed by atoms with van der Waals surface area (Å²) in [5.74, 6) is -0.198. The number of nitrogens with two attached hydrogens (primary N) is 1. The minimum atomic E-state index is -3.75. The highest BCUT2D eigenvalue weighted by atomic mass is 32.2. The second kappa shape index (κ2) is 10.5. The molecule has 4 N–H and O–H groups in total. The summed E-state index contributed by atoms with van der Waals surface area (Å²) in [6.45, 7) is 8.01. The van der Waals surface area contributed by atoms with Gasteiger partial charge in [-0.3, -0.25) is 9.59 Å². The predicted molar refractivity (Wildman–Crippen MR) is 118 cm³/mol. The van der Waals surface area contributed by atoms with E-state index < -0.39 is 10.0 Å². The number of benzene rings is 1. The number of hydrogen-bond donors (Lipinski definition) is 3. The van der Waals surface area contributed by atoms with E-state index in [0.29, 0.717) is 18.7 Å². The van der Waals surface area contributed by atoms with Crippen LogP contribution in [0, 0.1) is 13.8 Å². The van der Waals surface area contributed by atoms with Crippen molar-refractivity contribution in [3.05, 3.63) is 41.2 Å². The number of aryl methyl sites for hydroxylation is 1. The first-order valence-corrected chi connectivity index (χ1v) is 11.8. The van der Waals surface area contributed by atoms with Gasteiger partial charge in [0, 0.05) is 31.1 Å². The number of carbonyl (C=O) groups excluding carboxylic acids is 2. The molecule has 1 aromatic carbocycles. The van der Waals surface area contributed by atoms with E-state index in [1.165, 1.54) is 12.1 Å². The van der Waals surface area contributed by atoms with Crippen LogP contribution in [-0.2, 0) is 26.0 Å². The quantitative estimate of drug-likeness (QED) is 0.505. The van der Waals surface area contributed by atoms with Crippen LogP contribution >= 0.6 is 0 Å². The van der Waals surface area contributed by atoms with Gasteiger partial charge in [0.1, 0.15) is 0 Å². The Bertz CT molecular complexity index is 1030. The van der Waals surface area contributed by atoms with Gasteiger partial charge in [0.15, 0.2) is 0 Å². The fraction of sp³-hybridized carbons (Fsp3) is 0.476. The van der Waals surface area contributed by atoms with Crippen LogP contribution in [0.2, 0.25) is 0 Å². The van der Waals surface area contributed by atoms with Gasteiger partial charge in [-0.05, 0) is 63.4 Å². The van der Waals surface area contributed by atoms with Gasteiger partial charge in [-0.15, -0.1) is 0 Å². The third-order valence-corrected chi connectivity index (χ3v) is 6.08. The van der Waals surface area contributed by atoms with Crippen LogP contribution in [0.25, 0.3) is 5.69 Å². The largest absolute Gasteiger partial charge is 0.356 e. The molecule has 2 amide bonds. The first-order chi connectivity index (χ1) is 14.5.